The highest BCUT2D eigenvalue weighted by Gasteiger charge is 2.23. The van der Waals surface area contributed by atoms with Crippen LogP contribution in [-0.4, -0.2) is 71.9 Å². The summed E-state index contributed by atoms with van der Waals surface area (Å²) in [5.41, 5.74) is 8.90. The molecule has 1 fully saturated rings. The average molecular weight is 525 g/mol. The van der Waals surface area contributed by atoms with E-state index >= 15 is 0 Å². The van der Waals surface area contributed by atoms with Gasteiger partial charge in [0.05, 0.1) is 12.2 Å². The van der Waals surface area contributed by atoms with E-state index in [1.165, 1.54) is 29.5 Å². The molecule has 4 aromatic rings. The maximum absolute atomic E-state index is 10.5. The van der Waals surface area contributed by atoms with Gasteiger partial charge in [0.15, 0.2) is 5.65 Å². The molecule has 0 saturated carbocycles. The lowest BCUT2D eigenvalue weighted by molar-refractivity contribution is -0.109. The summed E-state index contributed by atoms with van der Waals surface area (Å²) in [6, 6.07) is 16.0. The molecule has 1 amide bonds. The van der Waals surface area contributed by atoms with E-state index in [0.29, 0.717) is 31.3 Å². The lowest BCUT2D eigenvalue weighted by atomic mass is 9.96. The van der Waals surface area contributed by atoms with Crippen LogP contribution in [0.15, 0.2) is 48.7 Å². The van der Waals surface area contributed by atoms with Crippen LogP contribution in [0.25, 0.3) is 33.4 Å². The summed E-state index contributed by atoms with van der Waals surface area (Å²) >= 11 is 0. The first-order valence-electron chi connectivity index (χ1n) is 14.0. The van der Waals surface area contributed by atoms with Crippen molar-refractivity contribution in [3.8, 4) is 28.1 Å². The van der Waals surface area contributed by atoms with Crippen LogP contribution in [0.3, 0.4) is 0 Å². The number of carbonyl (C=O) groups excluding carboxylic acids is 1. The fourth-order valence-electron chi connectivity index (χ4n) is 5.95. The molecule has 8 nitrogen and oxygen atoms in total. The number of rotatable bonds is 8. The molecule has 1 saturated heterocycles. The molecule has 3 heterocycles. The van der Waals surface area contributed by atoms with Crippen molar-refractivity contribution in [1.29, 1.82) is 0 Å². The Balaban J connectivity index is 1.25. The number of nitrogens with one attached hydrogen (secondary N) is 3. The molecule has 6 rings (SSSR count). The highest BCUT2D eigenvalue weighted by molar-refractivity contribution is 5.93. The molecule has 2 aromatic heterocycles. The predicted molar refractivity (Wildman–Crippen MR) is 154 cm³/mol. The van der Waals surface area contributed by atoms with E-state index in [-0.39, 0.29) is 0 Å². The third-order valence-electron chi connectivity index (χ3n) is 8.18. The van der Waals surface area contributed by atoms with Gasteiger partial charge >= 0.3 is 0 Å². The molecular weight excluding hydrogens is 488 g/mol. The van der Waals surface area contributed by atoms with Crippen LogP contribution in [0.4, 0.5) is 0 Å². The van der Waals surface area contributed by atoms with Crippen LogP contribution in [0.1, 0.15) is 29.5 Å². The standard InChI is InChI=1S/C31H36N6O2/c1-21-2-3-25(18-29(21)39-15-12-33-20-38)30-28-17-26(19-34-31(28)36-35-30)24-5-4-22-6-8-27(9-7-23(22)16-24)37-13-10-32-11-14-37/h2-5,16-20,27,32H,6-15H2,1H3,(H,33,38)(H,34,35,36). The first kappa shape index (κ1) is 25.5. The molecule has 2 aliphatic rings. The monoisotopic (exact) mass is 524 g/mol. The topological polar surface area (TPSA) is 95.2 Å². The molecule has 0 spiro atoms. The van der Waals surface area contributed by atoms with Gasteiger partial charge < -0.3 is 15.4 Å². The Morgan fingerprint density at radius 2 is 1.85 bits per heavy atom. The fraction of sp³-hybridized carbons (Fsp3) is 0.387. The van der Waals surface area contributed by atoms with Crippen molar-refractivity contribution in [3.63, 3.8) is 0 Å². The Morgan fingerprint density at radius 1 is 1.03 bits per heavy atom. The van der Waals surface area contributed by atoms with Gasteiger partial charge in [-0.05, 0) is 67.0 Å². The molecule has 1 atom stereocenters. The second kappa shape index (κ2) is 11.6. The van der Waals surface area contributed by atoms with Crippen LogP contribution in [0, 0.1) is 6.92 Å². The molecule has 1 aliphatic heterocycles. The van der Waals surface area contributed by atoms with Crippen molar-refractivity contribution in [2.45, 2.75) is 38.6 Å². The normalized spacial score (nSPS) is 17.9. The number of benzene rings is 2. The summed E-state index contributed by atoms with van der Waals surface area (Å²) in [6.45, 7) is 7.43. The summed E-state index contributed by atoms with van der Waals surface area (Å²) in [5, 5.41) is 14.8. The van der Waals surface area contributed by atoms with Gasteiger partial charge in [0.1, 0.15) is 12.4 Å². The van der Waals surface area contributed by atoms with Crippen molar-refractivity contribution in [2.24, 2.45) is 0 Å². The zero-order valence-corrected chi connectivity index (χ0v) is 22.5. The minimum absolute atomic E-state index is 0.409. The highest BCUT2D eigenvalue weighted by atomic mass is 16.5. The Hall–Kier alpha value is -3.75. The van der Waals surface area contributed by atoms with Gasteiger partial charge in [-0.15, -0.1) is 0 Å². The Labute approximate surface area is 229 Å². The Bertz CT molecular complexity index is 1460. The average Bonchev–Trinajstić information content (AvgIpc) is 3.28. The molecule has 39 heavy (non-hydrogen) atoms. The molecule has 1 unspecified atom stereocenters. The largest absolute Gasteiger partial charge is 0.491 e. The maximum Gasteiger partial charge on any atom is 0.207 e. The van der Waals surface area contributed by atoms with Crippen LogP contribution >= 0.6 is 0 Å². The smallest absolute Gasteiger partial charge is 0.207 e. The van der Waals surface area contributed by atoms with E-state index in [4.69, 9.17) is 9.72 Å². The van der Waals surface area contributed by atoms with Gasteiger partial charge in [-0.3, -0.25) is 14.8 Å². The minimum atomic E-state index is 0.409. The molecule has 8 heteroatoms. The van der Waals surface area contributed by atoms with Gasteiger partial charge in [-0.2, -0.15) is 5.10 Å². The molecule has 0 bridgehead atoms. The summed E-state index contributed by atoms with van der Waals surface area (Å²) in [5.74, 6) is 0.789. The van der Waals surface area contributed by atoms with Crippen molar-refractivity contribution >= 4 is 17.4 Å². The van der Waals surface area contributed by atoms with Crippen LogP contribution in [-0.2, 0) is 17.6 Å². The van der Waals surface area contributed by atoms with E-state index in [9.17, 15) is 4.79 Å². The number of amides is 1. The van der Waals surface area contributed by atoms with E-state index < -0.39 is 0 Å². The number of aromatic nitrogens is 3. The number of hydrogen-bond donors (Lipinski definition) is 3. The lowest BCUT2D eigenvalue weighted by Gasteiger charge is -2.34. The molecule has 2 aromatic carbocycles. The first-order chi connectivity index (χ1) is 19.2. The van der Waals surface area contributed by atoms with Gasteiger partial charge in [0.2, 0.25) is 6.41 Å². The number of H-pyrrole nitrogens is 1. The van der Waals surface area contributed by atoms with E-state index in [1.54, 1.807) is 0 Å². The Morgan fingerprint density at radius 3 is 2.69 bits per heavy atom. The second-order valence-electron chi connectivity index (χ2n) is 10.6. The van der Waals surface area contributed by atoms with E-state index in [2.05, 4.69) is 56.1 Å². The Kier molecular flexibility index (Phi) is 7.56. The highest BCUT2D eigenvalue weighted by Crippen LogP contribution is 2.34. The summed E-state index contributed by atoms with van der Waals surface area (Å²) < 4.78 is 5.91. The third kappa shape index (κ3) is 5.53. The SMILES string of the molecule is Cc1ccc(-c2[nH]nc3ncc(-c4ccc5c(c4)CCC(N4CCNCC4)CC5)cc23)cc1OCCNC=O. The zero-order chi connectivity index (χ0) is 26.6. The summed E-state index contributed by atoms with van der Waals surface area (Å²) in [7, 11) is 0. The van der Waals surface area contributed by atoms with Gasteiger partial charge in [0.25, 0.3) is 0 Å². The predicted octanol–water partition coefficient (Wildman–Crippen LogP) is 3.88. The summed E-state index contributed by atoms with van der Waals surface area (Å²) in [6.07, 6.45) is 7.35. The lowest BCUT2D eigenvalue weighted by Crippen LogP contribution is -2.48. The second-order valence-corrected chi connectivity index (χ2v) is 10.6. The van der Waals surface area contributed by atoms with Gasteiger partial charge in [-0.1, -0.05) is 30.3 Å². The summed E-state index contributed by atoms with van der Waals surface area (Å²) in [4.78, 5) is 17.9. The number of aryl methyl sites for hydroxylation is 3. The number of pyridine rings is 1. The quantitative estimate of drug-likeness (QED) is 0.184. The zero-order valence-electron chi connectivity index (χ0n) is 22.5. The van der Waals surface area contributed by atoms with E-state index in [0.717, 1.165) is 72.5 Å². The number of piperazine rings is 1. The van der Waals surface area contributed by atoms with Crippen LogP contribution in [0.2, 0.25) is 0 Å². The maximum atomic E-state index is 10.5. The van der Waals surface area contributed by atoms with Crippen molar-refractivity contribution in [2.75, 3.05) is 39.3 Å². The number of ether oxygens (including phenoxy) is 1. The fourth-order valence-corrected chi connectivity index (χ4v) is 5.95. The third-order valence-corrected chi connectivity index (χ3v) is 8.18. The van der Waals surface area contributed by atoms with Crippen molar-refractivity contribution in [3.05, 3.63) is 65.4 Å². The first-order valence-corrected chi connectivity index (χ1v) is 14.0. The number of aromatic amines is 1. The van der Waals surface area contributed by atoms with E-state index in [1.807, 2.05) is 25.3 Å². The number of fused-ring (bicyclic) bond motifs is 2. The minimum Gasteiger partial charge on any atom is -0.491 e. The van der Waals surface area contributed by atoms with Gasteiger partial charge in [-0.25, -0.2) is 4.98 Å². The molecule has 3 N–H and O–H groups in total. The molecule has 202 valence electrons. The van der Waals surface area contributed by atoms with Crippen LogP contribution < -0.4 is 15.4 Å². The van der Waals surface area contributed by atoms with Gasteiger partial charge in [0, 0.05) is 54.9 Å². The molecule has 0 radical (unpaired) electrons. The molecule has 1 aliphatic carbocycles. The van der Waals surface area contributed by atoms with Crippen molar-refractivity contribution < 1.29 is 9.53 Å². The number of hydrogen-bond acceptors (Lipinski definition) is 6. The van der Waals surface area contributed by atoms with Crippen molar-refractivity contribution in [1.82, 2.24) is 30.7 Å². The van der Waals surface area contributed by atoms with Crippen LogP contribution in [0.5, 0.6) is 5.75 Å². The molecular formula is C31H36N6O2. The number of carbonyl (C=O) groups is 1. The number of nitrogens with zero attached hydrogens (tertiary/aromatic N) is 3.